The van der Waals surface area contributed by atoms with Crippen LogP contribution in [0.4, 0.5) is 0 Å². The molecule has 7 heteroatoms. The highest BCUT2D eigenvalue weighted by molar-refractivity contribution is 5.84. The van der Waals surface area contributed by atoms with Gasteiger partial charge in [0.2, 0.25) is 5.91 Å². The standard InChI is InChI=1S/C22H23N3O4/c1-15-19(16(2)29-25-15)13-21(26)23-24-22(27)14-28-20-11-7-6-10-18(20)12-17-8-4-3-5-9-17/h3-11H,12-14H2,1-2H3,(H,23,26)(H,24,27). The molecule has 1 heterocycles. The predicted octanol–water partition coefficient (Wildman–Crippen LogP) is 2.65. The summed E-state index contributed by atoms with van der Waals surface area (Å²) < 4.78 is 10.7. The van der Waals surface area contributed by atoms with Crippen molar-refractivity contribution in [1.82, 2.24) is 16.0 Å². The lowest BCUT2D eigenvalue weighted by Crippen LogP contribution is -2.44. The molecule has 0 saturated carbocycles. The van der Waals surface area contributed by atoms with Crippen LogP contribution in [-0.2, 0) is 22.4 Å². The molecule has 2 amide bonds. The van der Waals surface area contributed by atoms with E-state index in [0.717, 1.165) is 11.1 Å². The van der Waals surface area contributed by atoms with Crippen molar-refractivity contribution in [3.63, 3.8) is 0 Å². The molecule has 2 N–H and O–H groups in total. The largest absolute Gasteiger partial charge is 0.483 e. The Labute approximate surface area is 169 Å². The summed E-state index contributed by atoms with van der Waals surface area (Å²) in [5.41, 5.74) is 8.24. The van der Waals surface area contributed by atoms with Crippen LogP contribution in [-0.4, -0.2) is 23.6 Å². The molecular formula is C22H23N3O4. The molecule has 0 saturated heterocycles. The zero-order valence-corrected chi connectivity index (χ0v) is 16.4. The van der Waals surface area contributed by atoms with Gasteiger partial charge in [-0.2, -0.15) is 0 Å². The fourth-order valence-electron chi connectivity index (χ4n) is 2.88. The van der Waals surface area contributed by atoms with Crippen molar-refractivity contribution < 1.29 is 18.8 Å². The molecule has 0 bridgehead atoms. The first kappa shape index (κ1) is 20.1. The number of hydrogen-bond donors (Lipinski definition) is 2. The highest BCUT2D eigenvalue weighted by atomic mass is 16.5. The number of ether oxygens (including phenoxy) is 1. The van der Waals surface area contributed by atoms with E-state index in [1.807, 2.05) is 54.6 Å². The van der Waals surface area contributed by atoms with Crippen molar-refractivity contribution in [3.8, 4) is 5.75 Å². The first-order valence-electron chi connectivity index (χ1n) is 9.27. The number of hydrazine groups is 1. The lowest BCUT2D eigenvalue weighted by atomic mass is 10.0. The second-order valence-electron chi connectivity index (χ2n) is 6.63. The second-order valence-corrected chi connectivity index (χ2v) is 6.63. The smallest absolute Gasteiger partial charge is 0.276 e. The summed E-state index contributed by atoms with van der Waals surface area (Å²) in [7, 11) is 0. The van der Waals surface area contributed by atoms with Gasteiger partial charge in [-0.1, -0.05) is 53.7 Å². The monoisotopic (exact) mass is 393 g/mol. The lowest BCUT2D eigenvalue weighted by Gasteiger charge is -2.12. The normalized spacial score (nSPS) is 10.4. The molecule has 1 aromatic heterocycles. The number of amides is 2. The molecule has 3 rings (SSSR count). The molecule has 0 unspecified atom stereocenters. The summed E-state index contributed by atoms with van der Waals surface area (Å²) in [6.07, 6.45) is 0.773. The van der Waals surface area contributed by atoms with Gasteiger partial charge in [0.25, 0.3) is 5.91 Å². The number of benzene rings is 2. The van der Waals surface area contributed by atoms with Gasteiger partial charge in [-0.05, 0) is 31.0 Å². The molecular weight excluding hydrogens is 370 g/mol. The SMILES string of the molecule is Cc1noc(C)c1CC(=O)NNC(=O)COc1ccccc1Cc1ccccc1. The molecule has 7 nitrogen and oxygen atoms in total. The molecule has 0 radical (unpaired) electrons. The van der Waals surface area contributed by atoms with Crippen LogP contribution in [0.1, 0.15) is 28.1 Å². The van der Waals surface area contributed by atoms with Gasteiger partial charge < -0.3 is 9.26 Å². The Kier molecular flexibility index (Phi) is 6.63. The quantitative estimate of drug-likeness (QED) is 0.602. The number of rotatable bonds is 7. The average molecular weight is 393 g/mol. The summed E-state index contributed by atoms with van der Waals surface area (Å²) in [5, 5.41) is 3.80. The number of aromatic nitrogens is 1. The molecule has 150 valence electrons. The summed E-state index contributed by atoms with van der Waals surface area (Å²) >= 11 is 0. The highest BCUT2D eigenvalue weighted by Crippen LogP contribution is 2.21. The molecule has 0 aliphatic rings. The molecule has 0 fully saturated rings. The van der Waals surface area contributed by atoms with E-state index in [9.17, 15) is 9.59 Å². The number of aryl methyl sites for hydroxylation is 2. The summed E-state index contributed by atoms with van der Waals surface area (Å²) in [6, 6.07) is 17.6. The Morgan fingerprint density at radius 3 is 2.38 bits per heavy atom. The van der Waals surface area contributed by atoms with E-state index in [-0.39, 0.29) is 18.9 Å². The summed E-state index contributed by atoms with van der Waals surface area (Å²) in [4.78, 5) is 24.1. The van der Waals surface area contributed by atoms with Gasteiger partial charge >= 0.3 is 0 Å². The van der Waals surface area contributed by atoms with Gasteiger partial charge in [0.1, 0.15) is 11.5 Å². The minimum absolute atomic E-state index is 0.0716. The second kappa shape index (κ2) is 9.54. The zero-order chi connectivity index (χ0) is 20.6. The third kappa shape index (κ3) is 5.68. The number of carbonyl (C=O) groups is 2. The van der Waals surface area contributed by atoms with E-state index in [4.69, 9.17) is 9.26 Å². The third-order valence-corrected chi connectivity index (χ3v) is 4.43. The van der Waals surface area contributed by atoms with Crippen LogP contribution in [0.25, 0.3) is 0 Å². The van der Waals surface area contributed by atoms with Crippen LogP contribution in [0, 0.1) is 13.8 Å². The third-order valence-electron chi connectivity index (χ3n) is 4.43. The highest BCUT2D eigenvalue weighted by Gasteiger charge is 2.14. The topological polar surface area (TPSA) is 93.5 Å². The van der Waals surface area contributed by atoms with E-state index in [1.165, 1.54) is 0 Å². The fraction of sp³-hybridized carbons (Fsp3) is 0.227. The molecule has 0 spiro atoms. The van der Waals surface area contributed by atoms with Crippen molar-refractivity contribution in [3.05, 3.63) is 82.7 Å². The number of carbonyl (C=O) groups excluding carboxylic acids is 2. The van der Waals surface area contributed by atoms with Crippen molar-refractivity contribution >= 4 is 11.8 Å². The Morgan fingerprint density at radius 2 is 1.66 bits per heavy atom. The van der Waals surface area contributed by atoms with Gasteiger partial charge in [0, 0.05) is 12.0 Å². The van der Waals surface area contributed by atoms with Gasteiger partial charge in [-0.3, -0.25) is 20.4 Å². The molecule has 0 aliphatic heterocycles. The first-order valence-corrected chi connectivity index (χ1v) is 9.27. The first-order chi connectivity index (χ1) is 14.0. The number of hydrogen-bond acceptors (Lipinski definition) is 5. The van der Waals surface area contributed by atoms with Crippen molar-refractivity contribution in [2.24, 2.45) is 0 Å². The van der Waals surface area contributed by atoms with Crippen LogP contribution in [0.3, 0.4) is 0 Å². The minimum Gasteiger partial charge on any atom is -0.483 e. The zero-order valence-electron chi connectivity index (χ0n) is 16.4. The maximum Gasteiger partial charge on any atom is 0.276 e. The van der Waals surface area contributed by atoms with Crippen LogP contribution in [0.2, 0.25) is 0 Å². The average Bonchev–Trinajstić information content (AvgIpc) is 3.04. The Hall–Kier alpha value is -3.61. The summed E-state index contributed by atoms with van der Waals surface area (Å²) in [6.45, 7) is 3.29. The van der Waals surface area contributed by atoms with Crippen molar-refractivity contribution in [1.29, 1.82) is 0 Å². The van der Waals surface area contributed by atoms with Gasteiger partial charge in [0.15, 0.2) is 6.61 Å². The maximum atomic E-state index is 12.0. The van der Waals surface area contributed by atoms with Crippen LogP contribution >= 0.6 is 0 Å². The number of nitrogens with zero attached hydrogens (tertiary/aromatic N) is 1. The Bertz CT molecular complexity index is 963. The fourth-order valence-corrected chi connectivity index (χ4v) is 2.88. The van der Waals surface area contributed by atoms with E-state index in [1.54, 1.807) is 13.8 Å². The minimum atomic E-state index is -0.452. The van der Waals surface area contributed by atoms with Gasteiger partial charge in [-0.15, -0.1) is 0 Å². The van der Waals surface area contributed by atoms with Crippen LogP contribution < -0.4 is 15.6 Å². The molecule has 3 aromatic rings. The molecule has 0 aliphatic carbocycles. The Balaban J connectivity index is 1.49. The van der Waals surface area contributed by atoms with E-state index < -0.39 is 5.91 Å². The van der Waals surface area contributed by atoms with Crippen LogP contribution in [0.5, 0.6) is 5.75 Å². The van der Waals surface area contributed by atoms with Gasteiger partial charge in [0.05, 0.1) is 12.1 Å². The lowest BCUT2D eigenvalue weighted by molar-refractivity contribution is -0.129. The van der Waals surface area contributed by atoms with Crippen molar-refractivity contribution in [2.45, 2.75) is 26.7 Å². The van der Waals surface area contributed by atoms with E-state index in [0.29, 0.717) is 29.2 Å². The van der Waals surface area contributed by atoms with E-state index >= 15 is 0 Å². The number of para-hydroxylation sites is 1. The van der Waals surface area contributed by atoms with Crippen LogP contribution in [0.15, 0.2) is 59.1 Å². The maximum absolute atomic E-state index is 12.0. The van der Waals surface area contributed by atoms with E-state index in [2.05, 4.69) is 16.0 Å². The predicted molar refractivity (Wildman–Crippen MR) is 107 cm³/mol. The number of nitrogens with one attached hydrogen (secondary N) is 2. The molecule has 2 aromatic carbocycles. The van der Waals surface area contributed by atoms with Gasteiger partial charge in [-0.25, -0.2) is 0 Å². The van der Waals surface area contributed by atoms with Crippen molar-refractivity contribution in [2.75, 3.05) is 6.61 Å². The molecule has 0 atom stereocenters. The molecule has 29 heavy (non-hydrogen) atoms. The summed E-state index contributed by atoms with van der Waals surface area (Å²) in [5.74, 6) is 0.403. The Morgan fingerprint density at radius 1 is 0.966 bits per heavy atom.